The smallest absolute Gasteiger partial charge is 0.340 e. The van der Waals surface area contributed by atoms with Gasteiger partial charge in [-0.3, -0.25) is 0 Å². The van der Waals surface area contributed by atoms with E-state index in [4.69, 9.17) is 4.74 Å². The number of hydrazone groups is 1. The van der Waals surface area contributed by atoms with Crippen molar-refractivity contribution in [2.75, 3.05) is 12.0 Å². The number of aryl methyl sites for hydroxylation is 2. The molecule has 158 valence electrons. The van der Waals surface area contributed by atoms with Crippen molar-refractivity contribution in [1.82, 2.24) is 14.1 Å². The molecule has 0 atom stereocenters. The third-order valence-electron chi connectivity index (χ3n) is 5.27. The zero-order chi connectivity index (χ0) is 22.0. The lowest BCUT2D eigenvalue weighted by atomic mass is 10.1. The van der Waals surface area contributed by atoms with Gasteiger partial charge in [0.1, 0.15) is 0 Å². The fourth-order valence-electron chi connectivity index (χ4n) is 3.74. The Labute approximate surface area is 181 Å². The third-order valence-corrected chi connectivity index (χ3v) is 5.27. The molecule has 0 saturated carbocycles. The van der Waals surface area contributed by atoms with Gasteiger partial charge in [-0.05, 0) is 51.1 Å². The highest BCUT2D eigenvalue weighted by Gasteiger charge is 2.17. The van der Waals surface area contributed by atoms with E-state index in [0.717, 1.165) is 33.7 Å². The van der Waals surface area contributed by atoms with Gasteiger partial charge in [0, 0.05) is 24.0 Å². The van der Waals surface area contributed by atoms with Crippen LogP contribution in [0.5, 0.6) is 0 Å². The molecule has 0 aliphatic heterocycles. The van der Waals surface area contributed by atoms with Crippen LogP contribution in [0, 0.1) is 13.8 Å². The second-order valence-electron chi connectivity index (χ2n) is 7.25. The van der Waals surface area contributed by atoms with E-state index in [2.05, 4.69) is 15.5 Å². The summed E-state index contributed by atoms with van der Waals surface area (Å²) in [6.45, 7) is 6.15. The minimum Gasteiger partial charge on any atom is -0.462 e. The number of imidazole rings is 1. The molecule has 7 heteroatoms. The molecule has 2 aromatic heterocycles. The Morgan fingerprint density at radius 2 is 1.90 bits per heavy atom. The van der Waals surface area contributed by atoms with Gasteiger partial charge < -0.3 is 13.9 Å². The highest BCUT2D eigenvalue weighted by atomic mass is 16.5. The van der Waals surface area contributed by atoms with Gasteiger partial charge in [-0.15, -0.1) is 0 Å². The first-order valence-electron chi connectivity index (χ1n) is 10.2. The third kappa shape index (κ3) is 3.82. The predicted octanol–water partition coefficient (Wildman–Crippen LogP) is 4.60. The van der Waals surface area contributed by atoms with E-state index in [0.29, 0.717) is 18.1 Å². The summed E-state index contributed by atoms with van der Waals surface area (Å²) in [7, 11) is 1.95. The van der Waals surface area contributed by atoms with E-state index >= 15 is 0 Å². The molecular formula is C24H25N5O2. The Balaban J connectivity index is 1.63. The second-order valence-corrected chi connectivity index (χ2v) is 7.25. The highest BCUT2D eigenvalue weighted by Crippen LogP contribution is 2.24. The molecule has 0 fully saturated rings. The van der Waals surface area contributed by atoms with Crippen molar-refractivity contribution in [3.05, 3.63) is 77.1 Å². The van der Waals surface area contributed by atoms with Crippen molar-refractivity contribution < 1.29 is 9.53 Å². The number of rotatable bonds is 6. The highest BCUT2D eigenvalue weighted by molar-refractivity contribution is 5.94. The fraction of sp³-hybridized carbons (Fsp3) is 0.208. The Morgan fingerprint density at radius 1 is 1.16 bits per heavy atom. The van der Waals surface area contributed by atoms with E-state index in [1.165, 1.54) is 0 Å². The largest absolute Gasteiger partial charge is 0.462 e. The number of benzene rings is 2. The number of hydrogen-bond acceptors (Lipinski definition) is 5. The number of ether oxygens (including phenoxy) is 1. The summed E-state index contributed by atoms with van der Waals surface area (Å²) in [5, 5.41) is 4.40. The Bertz CT molecular complexity index is 1280. The Kier molecular flexibility index (Phi) is 5.58. The number of esters is 1. The number of nitrogens with one attached hydrogen (secondary N) is 1. The number of para-hydroxylation sites is 3. The summed E-state index contributed by atoms with van der Waals surface area (Å²) in [5.41, 5.74) is 9.23. The first-order valence-corrected chi connectivity index (χ1v) is 10.2. The first-order chi connectivity index (χ1) is 15.0. The molecule has 0 aliphatic carbocycles. The van der Waals surface area contributed by atoms with Gasteiger partial charge >= 0.3 is 5.97 Å². The summed E-state index contributed by atoms with van der Waals surface area (Å²) in [6, 6.07) is 17.4. The SMILES string of the molecule is CCOC(=O)c1ccccc1-n1c(C)cc(/C=N\Nc2nc3ccccc3n2C)c1C. The van der Waals surface area contributed by atoms with Gasteiger partial charge in [-0.1, -0.05) is 24.3 Å². The predicted molar refractivity (Wildman–Crippen MR) is 123 cm³/mol. The van der Waals surface area contributed by atoms with Gasteiger partial charge in [-0.2, -0.15) is 5.10 Å². The van der Waals surface area contributed by atoms with Crippen molar-refractivity contribution in [3.8, 4) is 5.69 Å². The molecule has 7 nitrogen and oxygen atoms in total. The summed E-state index contributed by atoms with van der Waals surface area (Å²) in [6.07, 6.45) is 1.77. The molecule has 4 rings (SSSR count). The minimum absolute atomic E-state index is 0.329. The van der Waals surface area contributed by atoms with Crippen LogP contribution in [0.25, 0.3) is 16.7 Å². The zero-order valence-electron chi connectivity index (χ0n) is 18.1. The van der Waals surface area contributed by atoms with Gasteiger partial charge in [0.05, 0.1) is 35.1 Å². The van der Waals surface area contributed by atoms with E-state index in [9.17, 15) is 4.79 Å². The minimum atomic E-state index is -0.329. The molecule has 0 unspecified atom stereocenters. The van der Waals surface area contributed by atoms with Crippen molar-refractivity contribution in [1.29, 1.82) is 0 Å². The number of carbonyl (C=O) groups excluding carboxylic acids is 1. The van der Waals surface area contributed by atoms with Crippen molar-refractivity contribution in [2.24, 2.45) is 12.1 Å². The monoisotopic (exact) mass is 415 g/mol. The van der Waals surface area contributed by atoms with Crippen LogP contribution < -0.4 is 5.43 Å². The maximum absolute atomic E-state index is 12.4. The van der Waals surface area contributed by atoms with Crippen LogP contribution in [0.2, 0.25) is 0 Å². The molecule has 2 heterocycles. The number of aromatic nitrogens is 3. The first kappa shape index (κ1) is 20.4. The van der Waals surface area contributed by atoms with Crippen LogP contribution >= 0.6 is 0 Å². The molecule has 0 amide bonds. The summed E-state index contributed by atoms with van der Waals surface area (Å²) in [4.78, 5) is 17.0. The molecule has 0 bridgehead atoms. The maximum atomic E-state index is 12.4. The molecule has 0 radical (unpaired) electrons. The molecule has 0 saturated heterocycles. The van der Waals surface area contributed by atoms with Crippen molar-refractivity contribution in [3.63, 3.8) is 0 Å². The molecular weight excluding hydrogens is 390 g/mol. The number of carbonyl (C=O) groups is 1. The normalized spacial score (nSPS) is 11.4. The average molecular weight is 415 g/mol. The zero-order valence-corrected chi connectivity index (χ0v) is 18.1. The number of fused-ring (bicyclic) bond motifs is 1. The molecule has 31 heavy (non-hydrogen) atoms. The van der Waals surface area contributed by atoms with E-state index < -0.39 is 0 Å². The average Bonchev–Trinajstić information content (AvgIpc) is 3.24. The number of nitrogens with zero attached hydrogens (tertiary/aromatic N) is 4. The summed E-state index contributed by atoms with van der Waals surface area (Å²) < 4.78 is 9.24. The Morgan fingerprint density at radius 3 is 2.68 bits per heavy atom. The summed E-state index contributed by atoms with van der Waals surface area (Å²) >= 11 is 0. The number of hydrogen-bond donors (Lipinski definition) is 1. The standard InChI is InChI=1S/C24H25N5O2/c1-5-31-23(30)19-10-6-8-12-21(19)29-16(2)14-18(17(29)3)15-25-27-24-26-20-11-7-9-13-22(20)28(24)4/h6-15H,5H2,1-4H3,(H,26,27)/b25-15-. The molecule has 0 aliphatic rings. The molecule has 1 N–H and O–H groups in total. The van der Waals surface area contributed by atoms with Crippen LogP contribution in [-0.2, 0) is 11.8 Å². The quantitative estimate of drug-likeness (QED) is 0.284. The lowest BCUT2D eigenvalue weighted by molar-refractivity contribution is 0.0526. The van der Waals surface area contributed by atoms with Gasteiger partial charge in [-0.25, -0.2) is 15.2 Å². The topological polar surface area (TPSA) is 73.4 Å². The van der Waals surface area contributed by atoms with Crippen LogP contribution in [0.4, 0.5) is 5.95 Å². The van der Waals surface area contributed by atoms with E-state index in [1.807, 2.05) is 78.6 Å². The summed E-state index contributed by atoms with van der Waals surface area (Å²) in [5.74, 6) is 0.336. The van der Waals surface area contributed by atoms with Crippen molar-refractivity contribution >= 4 is 29.2 Å². The van der Waals surface area contributed by atoms with Crippen LogP contribution in [0.3, 0.4) is 0 Å². The van der Waals surface area contributed by atoms with Crippen LogP contribution in [0.15, 0.2) is 59.7 Å². The second kappa shape index (κ2) is 8.47. The van der Waals surface area contributed by atoms with Gasteiger partial charge in [0.15, 0.2) is 0 Å². The van der Waals surface area contributed by atoms with Crippen LogP contribution in [-0.4, -0.2) is 32.9 Å². The Hall–Kier alpha value is -3.87. The van der Waals surface area contributed by atoms with Crippen LogP contribution in [0.1, 0.15) is 34.2 Å². The maximum Gasteiger partial charge on any atom is 0.340 e. The van der Waals surface area contributed by atoms with Gasteiger partial charge in [0.25, 0.3) is 0 Å². The van der Waals surface area contributed by atoms with E-state index in [-0.39, 0.29) is 5.97 Å². The molecule has 4 aromatic rings. The van der Waals surface area contributed by atoms with Crippen molar-refractivity contribution in [2.45, 2.75) is 20.8 Å². The lowest BCUT2D eigenvalue weighted by Crippen LogP contribution is -2.11. The van der Waals surface area contributed by atoms with Gasteiger partial charge in [0.2, 0.25) is 5.95 Å². The fourth-order valence-corrected chi connectivity index (χ4v) is 3.74. The lowest BCUT2D eigenvalue weighted by Gasteiger charge is -2.14. The van der Waals surface area contributed by atoms with E-state index in [1.54, 1.807) is 19.2 Å². The molecule has 0 spiro atoms. The molecule has 2 aromatic carbocycles. The number of anilines is 1.